The zero-order chi connectivity index (χ0) is 23.4. The molecule has 0 radical (unpaired) electrons. The Kier molecular flexibility index (Phi) is 6.79. The Morgan fingerprint density at radius 1 is 1.09 bits per heavy atom. The molecule has 0 bridgehead atoms. The maximum absolute atomic E-state index is 13.2. The minimum absolute atomic E-state index is 0.0344. The number of rotatable bonds is 7. The van der Waals surface area contributed by atoms with Crippen LogP contribution in [0.3, 0.4) is 0 Å². The topological polar surface area (TPSA) is 92.3 Å². The number of aromatic hydroxyl groups is 1. The molecule has 0 aliphatic rings. The van der Waals surface area contributed by atoms with Gasteiger partial charge in [0.2, 0.25) is 11.7 Å². The Balaban J connectivity index is 1.98. The zero-order valence-corrected chi connectivity index (χ0v) is 18.6. The highest BCUT2D eigenvalue weighted by atomic mass is 16.5. The first kappa shape index (κ1) is 22.8. The highest BCUT2D eigenvalue weighted by Gasteiger charge is 2.28. The van der Waals surface area contributed by atoms with Crippen molar-refractivity contribution in [2.24, 2.45) is 0 Å². The molecule has 0 fully saturated rings. The van der Waals surface area contributed by atoms with Gasteiger partial charge < -0.3 is 9.84 Å². The lowest BCUT2D eigenvalue weighted by molar-refractivity contribution is 0.0812. The lowest BCUT2D eigenvalue weighted by Gasteiger charge is -2.19. The average Bonchev–Trinajstić information content (AvgIpc) is 2.78. The van der Waals surface area contributed by atoms with Gasteiger partial charge >= 0.3 is 0 Å². The lowest BCUT2D eigenvalue weighted by atomic mass is 9.99. The van der Waals surface area contributed by atoms with Crippen LogP contribution in [-0.4, -0.2) is 21.6 Å². The number of carbonyl (C=O) groups excluding carboxylic acids is 1. The van der Waals surface area contributed by atoms with Crippen LogP contribution < -0.4 is 10.3 Å². The second kappa shape index (κ2) is 9.52. The van der Waals surface area contributed by atoms with E-state index in [0.717, 1.165) is 15.7 Å². The van der Waals surface area contributed by atoms with E-state index in [2.05, 4.69) is 13.8 Å². The van der Waals surface area contributed by atoms with Crippen LogP contribution in [0.5, 0.6) is 11.6 Å². The fraction of sp³-hybridized carbons (Fsp3) is 0.269. The Hall–Kier alpha value is -3.85. The summed E-state index contributed by atoms with van der Waals surface area (Å²) in [6, 6.07) is 18.4. The molecule has 3 rings (SSSR count). The van der Waals surface area contributed by atoms with Gasteiger partial charge in [-0.05, 0) is 48.6 Å². The molecule has 6 nitrogen and oxygen atoms in total. The Bertz CT molecular complexity index is 1220. The predicted octanol–water partition coefficient (Wildman–Crippen LogP) is 4.56. The highest BCUT2D eigenvalue weighted by molar-refractivity contribution is 6.03. The number of hydrogen-bond acceptors (Lipinski definition) is 5. The predicted molar refractivity (Wildman–Crippen MR) is 122 cm³/mol. The van der Waals surface area contributed by atoms with Crippen molar-refractivity contribution in [3.05, 3.63) is 92.8 Å². The minimum atomic E-state index is -0.932. The molecule has 1 aromatic heterocycles. The molecule has 0 aliphatic carbocycles. The molecule has 1 atom stereocenters. The molecule has 1 heterocycles. The number of aromatic nitrogens is 1. The molecule has 32 heavy (non-hydrogen) atoms. The average molecular weight is 431 g/mol. The molecular weight excluding hydrogens is 404 g/mol. The Morgan fingerprint density at radius 2 is 1.72 bits per heavy atom. The van der Waals surface area contributed by atoms with Crippen LogP contribution in [0.1, 0.15) is 59.3 Å². The van der Waals surface area contributed by atoms with Crippen molar-refractivity contribution in [2.75, 3.05) is 0 Å². The van der Waals surface area contributed by atoms with E-state index in [1.165, 1.54) is 6.92 Å². The van der Waals surface area contributed by atoms with Crippen molar-refractivity contribution in [2.45, 2.75) is 46.3 Å². The number of carbonyl (C=O) groups is 1. The number of nitriles is 1. The monoisotopic (exact) mass is 430 g/mol. The molecule has 1 N–H and O–H groups in total. The van der Waals surface area contributed by atoms with Gasteiger partial charge in [0, 0.05) is 0 Å². The van der Waals surface area contributed by atoms with Gasteiger partial charge in [-0.2, -0.15) is 5.26 Å². The minimum Gasteiger partial charge on any atom is -0.494 e. The molecule has 2 aromatic carbocycles. The van der Waals surface area contributed by atoms with Crippen molar-refractivity contribution in [3.63, 3.8) is 0 Å². The van der Waals surface area contributed by atoms with Gasteiger partial charge in [-0.25, -0.2) is 0 Å². The molecular formula is C26H26N2O4. The van der Waals surface area contributed by atoms with Gasteiger partial charge in [0.25, 0.3) is 5.56 Å². The van der Waals surface area contributed by atoms with E-state index < -0.39 is 23.3 Å². The molecule has 3 aromatic rings. The molecule has 164 valence electrons. The number of Topliss-reactive ketones (excluding diaryl/α,β-unsaturated/α-hetero) is 1. The third kappa shape index (κ3) is 4.57. The van der Waals surface area contributed by atoms with Gasteiger partial charge in [0.05, 0.1) is 12.1 Å². The van der Waals surface area contributed by atoms with Crippen molar-refractivity contribution in [1.29, 1.82) is 5.26 Å². The molecule has 1 unspecified atom stereocenters. The third-order valence-electron chi connectivity index (χ3n) is 5.46. The number of nitrogens with zero attached hydrogens (tertiary/aromatic N) is 2. The second-order valence-electron chi connectivity index (χ2n) is 8.04. The van der Waals surface area contributed by atoms with Gasteiger partial charge in [-0.3, -0.25) is 14.2 Å². The molecule has 0 amide bonds. The van der Waals surface area contributed by atoms with Gasteiger partial charge in [-0.15, -0.1) is 0 Å². The first-order chi connectivity index (χ1) is 15.2. The summed E-state index contributed by atoms with van der Waals surface area (Å²) < 4.78 is 6.86. The molecule has 0 spiro atoms. The molecule has 0 saturated heterocycles. The number of ketones is 1. The quantitative estimate of drug-likeness (QED) is 0.555. The standard InChI is InChI=1S/C26H26N2O4/c1-16(2)20-10-12-21(13-11-20)32-18(4)24(29)23-17(3)22(14-27)25(30)28(26(23)31)15-19-8-6-5-7-9-19/h5-13,16,18,31H,15H2,1-4H3. The highest BCUT2D eigenvalue weighted by Crippen LogP contribution is 2.26. The SMILES string of the molecule is Cc1c(C(=O)C(C)Oc2ccc(C(C)C)cc2)c(O)n(Cc2ccccc2)c(=O)c1C#N. The van der Waals surface area contributed by atoms with Crippen LogP contribution in [0.2, 0.25) is 0 Å². The van der Waals surface area contributed by atoms with E-state index in [1.54, 1.807) is 31.2 Å². The smallest absolute Gasteiger partial charge is 0.271 e. The van der Waals surface area contributed by atoms with Crippen LogP contribution in [0.4, 0.5) is 0 Å². The lowest BCUT2D eigenvalue weighted by Crippen LogP contribution is -2.31. The molecule has 0 saturated carbocycles. The van der Waals surface area contributed by atoms with Gasteiger partial charge in [-0.1, -0.05) is 56.3 Å². The third-order valence-corrected chi connectivity index (χ3v) is 5.46. The first-order valence-electron chi connectivity index (χ1n) is 10.5. The van der Waals surface area contributed by atoms with E-state index in [1.807, 2.05) is 36.4 Å². The summed E-state index contributed by atoms with van der Waals surface area (Å²) >= 11 is 0. The fourth-order valence-corrected chi connectivity index (χ4v) is 3.55. The summed E-state index contributed by atoms with van der Waals surface area (Å²) in [5, 5.41) is 20.4. The van der Waals surface area contributed by atoms with E-state index in [-0.39, 0.29) is 23.2 Å². The van der Waals surface area contributed by atoms with Crippen LogP contribution in [0, 0.1) is 18.3 Å². The van der Waals surface area contributed by atoms with E-state index in [4.69, 9.17) is 4.74 Å². The summed E-state index contributed by atoms with van der Waals surface area (Å²) in [6.07, 6.45) is -0.932. The Morgan fingerprint density at radius 3 is 2.28 bits per heavy atom. The number of ether oxygens (including phenoxy) is 1. The second-order valence-corrected chi connectivity index (χ2v) is 8.04. The number of hydrogen-bond donors (Lipinski definition) is 1. The van der Waals surface area contributed by atoms with Crippen LogP contribution in [0.15, 0.2) is 59.4 Å². The molecule has 6 heteroatoms. The largest absolute Gasteiger partial charge is 0.494 e. The zero-order valence-electron chi connectivity index (χ0n) is 18.6. The first-order valence-corrected chi connectivity index (χ1v) is 10.5. The fourth-order valence-electron chi connectivity index (χ4n) is 3.55. The Labute approximate surface area is 187 Å². The van der Waals surface area contributed by atoms with Crippen LogP contribution >= 0.6 is 0 Å². The number of benzene rings is 2. The van der Waals surface area contributed by atoms with E-state index in [9.17, 15) is 20.0 Å². The van der Waals surface area contributed by atoms with E-state index >= 15 is 0 Å². The van der Waals surface area contributed by atoms with Crippen LogP contribution in [-0.2, 0) is 6.54 Å². The van der Waals surface area contributed by atoms with Crippen molar-refractivity contribution >= 4 is 5.78 Å². The normalized spacial score (nSPS) is 11.8. The summed E-state index contributed by atoms with van der Waals surface area (Å²) in [6.45, 7) is 7.28. The maximum Gasteiger partial charge on any atom is 0.271 e. The van der Waals surface area contributed by atoms with Crippen molar-refractivity contribution in [3.8, 4) is 17.7 Å². The number of pyridine rings is 1. The summed E-state index contributed by atoms with van der Waals surface area (Å²) in [5.74, 6) is -0.0829. The summed E-state index contributed by atoms with van der Waals surface area (Å²) in [5.41, 5.74) is 1.16. The summed E-state index contributed by atoms with van der Waals surface area (Å²) in [7, 11) is 0. The van der Waals surface area contributed by atoms with E-state index in [0.29, 0.717) is 11.7 Å². The van der Waals surface area contributed by atoms with Crippen LogP contribution in [0.25, 0.3) is 0 Å². The van der Waals surface area contributed by atoms with Gasteiger partial charge in [0.15, 0.2) is 6.10 Å². The van der Waals surface area contributed by atoms with Crippen molar-refractivity contribution < 1.29 is 14.6 Å². The molecule has 0 aliphatic heterocycles. The summed E-state index contributed by atoms with van der Waals surface area (Å²) in [4.78, 5) is 26.0. The van der Waals surface area contributed by atoms with Crippen molar-refractivity contribution in [1.82, 2.24) is 4.57 Å². The van der Waals surface area contributed by atoms with Gasteiger partial charge in [0.1, 0.15) is 17.4 Å². The maximum atomic E-state index is 13.2.